The summed E-state index contributed by atoms with van der Waals surface area (Å²) in [6, 6.07) is 2.11. The number of rotatable bonds is 1. The minimum Gasteiger partial charge on any atom is -0.388 e. The van der Waals surface area contributed by atoms with Crippen LogP contribution in [0.1, 0.15) is 41.6 Å². The largest absolute Gasteiger partial charge is 0.388 e. The number of aryl methyl sites for hydroxylation is 2. The molecule has 0 fully saturated rings. The Bertz CT molecular complexity index is 556. The second-order valence-corrected chi connectivity index (χ2v) is 5.54. The molecule has 1 atom stereocenters. The van der Waals surface area contributed by atoms with Crippen LogP contribution in [0.5, 0.6) is 0 Å². The van der Waals surface area contributed by atoms with Gasteiger partial charge >= 0.3 is 0 Å². The maximum Gasteiger partial charge on any atom is 0.194 e. The van der Waals surface area contributed by atoms with Crippen LogP contribution in [0.3, 0.4) is 0 Å². The summed E-state index contributed by atoms with van der Waals surface area (Å²) in [5.41, 5.74) is 4.57. The highest BCUT2D eigenvalue weighted by atomic mass is 32.1. The summed E-state index contributed by atoms with van der Waals surface area (Å²) in [5, 5.41) is 13.1. The molecule has 3 nitrogen and oxygen atoms in total. The van der Waals surface area contributed by atoms with Crippen molar-refractivity contribution >= 4 is 11.3 Å². The number of hydrogen-bond donors (Lipinski definition) is 1. The number of nitrogens with zero attached hydrogens (tertiary/aromatic N) is 2. The molecule has 0 radical (unpaired) electrons. The third-order valence-electron chi connectivity index (χ3n) is 3.37. The average Bonchev–Trinajstić information content (AvgIpc) is 2.82. The number of thiazole rings is 1. The molecule has 0 saturated carbocycles. The highest BCUT2D eigenvalue weighted by Crippen LogP contribution is 2.34. The molecule has 0 spiro atoms. The van der Waals surface area contributed by atoms with Gasteiger partial charge in [-0.2, -0.15) is 0 Å². The zero-order chi connectivity index (χ0) is 12.0. The molecule has 0 saturated heterocycles. The quantitative estimate of drug-likeness (QED) is 0.842. The second kappa shape index (κ2) is 3.96. The minimum absolute atomic E-state index is 0.292. The lowest BCUT2D eigenvalue weighted by Crippen LogP contribution is -2.11. The summed E-state index contributed by atoms with van der Waals surface area (Å²) in [6.45, 7) is 4.10. The molecule has 1 unspecified atom stereocenters. The molecule has 3 rings (SSSR count). The SMILES string of the molecule is Cc1csc(-n2c(C)cc3c2CCCC3O)n1. The first kappa shape index (κ1) is 11.0. The van der Waals surface area contributed by atoms with E-state index in [1.165, 1.54) is 11.4 Å². The Hall–Kier alpha value is -1.13. The monoisotopic (exact) mass is 248 g/mol. The van der Waals surface area contributed by atoms with Crippen LogP contribution >= 0.6 is 11.3 Å². The molecule has 17 heavy (non-hydrogen) atoms. The predicted octanol–water partition coefficient (Wildman–Crippen LogP) is 2.92. The van der Waals surface area contributed by atoms with E-state index in [-0.39, 0.29) is 6.10 Å². The van der Waals surface area contributed by atoms with Gasteiger partial charge in [0.25, 0.3) is 0 Å². The van der Waals surface area contributed by atoms with Gasteiger partial charge in [-0.15, -0.1) is 11.3 Å². The van der Waals surface area contributed by atoms with Crippen molar-refractivity contribution in [3.05, 3.63) is 34.1 Å². The van der Waals surface area contributed by atoms with Gasteiger partial charge in [0.05, 0.1) is 11.8 Å². The summed E-state index contributed by atoms with van der Waals surface area (Å²) in [7, 11) is 0. The zero-order valence-electron chi connectivity index (χ0n) is 10.1. The molecule has 2 aromatic heterocycles. The molecule has 1 aliphatic carbocycles. The topological polar surface area (TPSA) is 38.0 Å². The number of hydrogen-bond acceptors (Lipinski definition) is 3. The number of aliphatic hydroxyl groups excluding tert-OH is 1. The van der Waals surface area contributed by atoms with Gasteiger partial charge in [0.15, 0.2) is 5.13 Å². The number of aliphatic hydroxyl groups is 1. The van der Waals surface area contributed by atoms with Gasteiger partial charge in [-0.1, -0.05) is 0 Å². The van der Waals surface area contributed by atoms with E-state index in [4.69, 9.17) is 0 Å². The number of aromatic nitrogens is 2. The van der Waals surface area contributed by atoms with Crippen molar-refractivity contribution in [2.45, 2.75) is 39.2 Å². The maximum absolute atomic E-state index is 10.0. The Morgan fingerprint density at radius 1 is 1.47 bits per heavy atom. The van der Waals surface area contributed by atoms with Crippen molar-refractivity contribution in [3.63, 3.8) is 0 Å². The lowest BCUT2D eigenvalue weighted by Gasteiger charge is -2.19. The molecule has 2 aromatic rings. The molecule has 0 amide bonds. The Labute approximate surface area is 105 Å². The Morgan fingerprint density at radius 2 is 2.29 bits per heavy atom. The fraction of sp³-hybridized carbons (Fsp3) is 0.462. The van der Waals surface area contributed by atoms with Crippen LogP contribution in [-0.4, -0.2) is 14.7 Å². The lowest BCUT2D eigenvalue weighted by atomic mass is 9.95. The Kier molecular flexibility index (Phi) is 2.56. The van der Waals surface area contributed by atoms with Gasteiger partial charge in [0, 0.05) is 22.3 Å². The maximum atomic E-state index is 10.0. The fourth-order valence-electron chi connectivity index (χ4n) is 2.59. The summed E-state index contributed by atoms with van der Waals surface area (Å²) in [6.07, 6.45) is 2.69. The zero-order valence-corrected chi connectivity index (χ0v) is 10.9. The minimum atomic E-state index is -0.292. The molecule has 1 aliphatic rings. The van der Waals surface area contributed by atoms with Gasteiger partial charge in [0.1, 0.15) is 0 Å². The second-order valence-electron chi connectivity index (χ2n) is 4.70. The molecule has 0 aromatic carbocycles. The molecular weight excluding hydrogens is 232 g/mol. The predicted molar refractivity (Wildman–Crippen MR) is 68.8 cm³/mol. The molecule has 0 aliphatic heterocycles. The van der Waals surface area contributed by atoms with Crippen LogP contribution in [0.15, 0.2) is 11.4 Å². The van der Waals surface area contributed by atoms with Gasteiger partial charge in [-0.05, 0) is 39.2 Å². The van der Waals surface area contributed by atoms with Crippen molar-refractivity contribution in [3.8, 4) is 5.13 Å². The summed E-state index contributed by atoms with van der Waals surface area (Å²) >= 11 is 1.67. The van der Waals surface area contributed by atoms with Crippen LogP contribution in [-0.2, 0) is 6.42 Å². The van der Waals surface area contributed by atoms with Crippen LogP contribution in [0.2, 0.25) is 0 Å². The van der Waals surface area contributed by atoms with Crippen LogP contribution in [0.4, 0.5) is 0 Å². The molecular formula is C13H16N2OS. The van der Waals surface area contributed by atoms with Crippen molar-refractivity contribution in [2.24, 2.45) is 0 Å². The molecule has 2 heterocycles. The van der Waals surface area contributed by atoms with E-state index in [1.54, 1.807) is 11.3 Å². The summed E-state index contributed by atoms with van der Waals surface area (Å²) in [5.74, 6) is 0. The summed E-state index contributed by atoms with van der Waals surface area (Å²) < 4.78 is 2.20. The number of fused-ring (bicyclic) bond motifs is 1. The Morgan fingerprint density at radius 3 is 3.00 bits per heavy atom. The van der Waals surface area contributed by atoms with Gasteiger partial charge in [0.2, 0.25) is 0 Å². The fourth-order valence-corrected chi connectivity index (χ4v) is 3.47. The van der Waals surface area contributed by atoms with Crippen LogP contribution < -0.4 is 0 Å². The first-order valence-electron chi connectivity index (χ1n) is 5.98. The van der Waals surface area contributed by atoms with E-state index in [0.29, 0.717) is 0 Å². The lowest BCUT2D eigenvalue weighted by molar-refractivity contribution is 0.156. The van der Waals surface area contributed by atoms with Crippen molar-refractivity contribution in [2.75, 3.05) is 0 Å². The average molecular weight is 248 g/mol. The van der Waals surface area contributed by atoms with E-state index in [9.17, 15) is 5.11 Å². The normalized spacial score (nSPS) is 19.4. The first-order chi connectivity index (χ1) is 8.16. The smallest absolute Gasteiger partial charge is 0.194 e. The van der Waals surface area contributed by atoms with E-state index in [2.05, 4.69) is 27.9 Å². The standard InChI is InChI=1S/C13H16N2OS/c1-8-7-17-13(14-8)15-9(2)6-10-11(15)4-3-5-12(10)16/h6-7,12,16H,3-5H2,1-2H3. The molecule has 4 heteroatoms. The van der Waals surface area contributed by atoms with E-state index < -0.39 is 0 Å². The molecule has 90 valence electrons. The molecule has 1 N–H and O–H groups in total. The third-order valence-corrected chi connectivity index (χ3v) is 4.31. The van der Waals surface area contributed by atoms with Gasteiger partial charge in [-0.3, -0.25) is 4.57 Å². The van der Waals surface area contributed by atoms with Crippen molar-refractivity contribution in [1.29, 1.82) is 0 Å². The Balaban J connectivity index is 2.17. The van der Waals surface area contributed by atoms with Crippen molar-refractivity contribution in [1.82, 2.24) is 9.55 Å². The van der Waals surface area contributed by atoms with Crippen molar-refractivity contribution < 1.29 is 5.11 Å². The highest BCUT2D eigenvalue weighted by Gasteiger charge is 2.24. The van der Waals surface area contributed by atoms with Crippen LogP contribution in [0.25, 0.3) is 5.13 Å². The van der Waals surface area contributed by atoms with Crippen LogP contribution in [0, 0.1) is 13.8 Å². The van der Waals surface area contributed by atoms with E-state index in [1.807, 2.05) is 6.92 Å². The van der Waals surface area contributed by atoms with E-state index >= 15 is 0 Å². The first-order valence-corrected chi connectivity index (χ1v) is 6.86. The van der Waals surface area contributed by atoms with Gasteiger partial charge in [-0.25, -0.2) is 4.98 Å². The third kappa shape index (κ3) is 1.72. The highest BCUT2D eigenvalue weighted by molar-refractivity contribution is 7.12. The molecule has 0 bridgehead atoms. The van der Waals surface area contributed by atoms with Gasteiger partial charge < -0.3 is 5.11 Å². The van der Waals surface area contributed by atoms with E-state index in [0.717, 1.165) is 35.7 Å². The summed E-state index contributed by atoms with van der Waals surface area (Å²) in [4.78, 5) is 4.55.